The van der Waals surface area contributed by atoms with E-state index in [2.05, 4.69) is 21.0 Å². The number of rotatable bonds is 5. The highest BCUT2D eigenvalue weighted by molar-refractivity contribution is 7.12. The molecule has 2 aliphatic rings. The number of thiophene rings is 2. The molecule has 5 nitrogen and oxygen atoms in total. The second-order valence-electron chi connectivity index (χ2n) is 8.09. The van der Waals surface area contributed by atoms with Crippen LogP contribution in [-0.4, -0.2) is 60.6 Å². The molecule has 2 aliphatic heterocycles. The minimum atomic E-state index is -1.73. The van der Waals surface area contributed by atoms with Crippen molar-refractivity contribution in [3.05, 3.63) is 44.8 Å². The van der Waals surface area contributed by atoms with E-state index in [1.54, 1.807) is 12.1 Å². The molecule has 1 N–H and O–H groups in total. The van der Waals surface area contributed by atoms with Crippen LogP contribution in [0.1, 0.15) is 36.9 Å². The van der Waals surface area contributed by atoms with E-state index in [9.17, 15) is 9.90 Å². The molecule has 0 aliphatic carbocycles. The third kappa shape index (κ3) is 3.78. The van der Waals surface area contributed by atoms with Gasteiger partial charge in [0.1, 0.15) is 18.2 Å². The zero-order valence-corrected chi connectivity index (χ0v) is 17.5. The normalized spacial score (nSPS) is 29.0. The number of likely N-dealkylation sites (N-methyl/N-ethyl adjacent to an activating group) is 1. The van der Waals surface area contributed by atoms with Gasteiger partial charge in [-0.05, 0) is 29.8 Å². The van der Waals surface area contributed by atoms with Gasteiger partial charge in [-0.3, -0.25) is 0 Å². The first-order chi connectivity index (χ1) is 12.8. The molecule has 2 aromatic rings. The predicted octanol–water partition coefficient (Wildman–Crippen LogP) is 3.62. The Bertz CT molecular complexity index is 753. The van der Waals surface area contributed by atoms with Gasteiger partial charge in [-0.2, -0.15) is 0 Å². The molecule has 2 aromatic heterocycles. The molecular weight excluding hydrogens is 394 g/mol. The number of carbonyl (C=O) groups is 1. The molecule has 2 saturated heterocycles. The molecule has 0 saturated carbocycles. The standard InChI is InChI=1S/C20H26NO4S2.CH4/c1-13-18(24-13)15-12-14(8-9-21(15,2)3)25-19(22)20(23,16-6-4-10-26-16)17-7-5-11-27-17;/h4-7,10-11,13-15,18,23H,8-9,12H2,1-3H3;1H4/q+1;. The van der Waals surface area contributed by atoms with Crippen LogP contribution in [0.15, 0.2) is 35.0 Å². The van der Waals surface area contributed by atoms with E-state index in [4.69, 9.17) is 9.47 Å². The maximum atomic E-state index is 13.2. The Kier molecular flexibility index (Phi) is 6.04. The van der Waals surface area contributed by atoms with Crippen molar-refractivity contribution in [2.75, 3.05) is 20.6 Å². The van der Waals surface area contributed by atoms with E-state index >= 15 is 0 Å². The summed E-state index contributed by atoms with van der Waals surface area (Å²) >= 11 is 2.73. The van der Waals surface area contributed by atoms with Gasteiger partial charge in [0.15, 0.2) is 0 Å². The lowest BCUT2D eigenvalue weighted by Crippen LogP contribution is -2.58. The van der Waals surface area contributed by atoms with Crippen molar-refractivity contribution >= 4 is 28.6 Å². The lowest BCUT2D eigenvalue weighted by molar-refractivity contribution is -0.921. The summed E-state index contributed by atoms with van der Waals surface area (Å²) in [6, 6.07) is 7.57. The molecule has 0 amide bonds. The number of nitrogens with zero attached hydrogens (tertiary/aromatic N) is 1. The van der Waals surface area contributed by atoms with Crippen LogP contribution in [0, 0.1) is 0 Å². The smallest absolute Gasteiger partial charge is 0.349 e. The highest BCUT2D eigenvalue weighted by atomic mass is 32.1. The molecule has 4 unspecified atom stereocenters. The van der Waals surface area contributed by atoms with E-state index in [-0.39, 0.29) is 25.7 Å². The van der Waals surface area contributed by atoms with Crippen molar-refractivity contribution in [1.29, 1.82) is 0 Å². The predicted molar refractivity (Wildman–Crippen MR) is 113 cm³/mol. The van der Waals surface area contributed by atoms with Gasteiger partial charge >= 0.3 is 5.97 Å². The minimum Gasteiger partial charge on any atom is -0.459 e. The van der Waals surface area contributed by atoms with Gasteiger partial charge in [-0.1, -0.05) is 19.6 Å². The van der Waals surface area contributed by atoms with Crippen LogP contribution in [0.2, 0.25) is 0 Å². The van der Waals surface area contributed by atoms with Crippen LogP contribution in [-0.2, 0) is 19.9 Å². The number of epoxide rings is 1. The molecule has 0 aromatic carbocycles. The van der Waals surface area contributed by atoms with E-state index in [0.29, 0.717) is 15.8 Å². The molecular formula is C21H30NO4S2+. The summed E-state index contributed by atoms with van der Waals surface area (Å²) in [5.41, 5.74) is -1.73. The molecule has 154 valence electrons. The van der Waals surface area contributed by atoms with Crippen LogP contribution in [0.3, 0.4) is 0 Å². The van der Waals surface area contributed by atoms with Crippen molar-refractivity contribution in [1.82, 2.24) is 0 Å². The summed E-state index contributed by atoms with van der Waals surface area (Å²) in [4.78, 5) is 14.3. The number of aliphatic hydroxyl groups is 1. The van der Waals surface area contributed by atoms with Crippen LogP contribution in [0.25, 0.3) is 0 Å². The average Bonchev–Trinajstić information content (AvgIpc) is 3.09. The number of hydrogen-bond donors (Lipinski definition) is 1. The topological polar surface area (TPSA) is 59.1 Å². The zero-order valence-electron chi connectivity index (χ0n) is 15.8. The van der Waals surface area contributed by atoms with Crippen molar-refractivity contribution < 1.29 is 23.9 Å². The second-order valence-corrected chi connectivity index (χ2v) is 9.99. The largest absolute Gasteiger partial charge is 0.459 e. The molecule has 4 rings (SSSR count). The van der Waals surface area contributed by atoms with Crippen LogP contribution >= 0.6 is 22.7 Å². The van der Waals surface area contributed by atoms with E-state index in [0.717, 1.165) is 23.9 Å². The number of hydrogen-bond acceptors (Lipinski definition) is 6. The maximum Gasteiger partial charge on any atom is 0.349 e. The fourth-order valence-corrected chi connectivity index (χ4v) is 5.80. The highest BCUT2D eigenvalue weighted by Gasteiger charge is 2.53. The van der Waals surface area contributed by atoms with Crippen molar-refractivity contribution in [3.63, 3.8) is 0 Å². The van der Waals surface area contributed by atoms with Crippen molar-refractivity contribution in [3.8, 4) is 0 Å². The summed E-state index contributed by atoms with van der Waals surface area (Å²) in [6.45, 7) is 3.01. The first-order valence-corrected chi connectivity index (χ1v) is 11.1. The Labute approximate surface area is 175 Å². The molecule has 4 heterocycles. The summed E-state index contributed by atoms with van der Waals surface area (Å²) in [5, 5.41) is 15.1. The summed E-state index contributed by atoms with van der Waals surface area (Å²) in [7, 11) is 4.43. The fourth-order valence-electron chi connectivity index (χ4n) is 4.09. The van der Waals surface area contributed by atoms with E-state index in [1.165, 1.54) is 22.7 Å². The van der Waals surface area contributed by atoms with Gasteiger partial charge in [0.05, 0.1) is 36.5 Å². The molecule has 28 heavy (non-hydrogen) atoms. The number of esters is 1. The lowest BCUT2D eigenvalue weighted by atomic mass is 9.93. The Balaban J connectivity index is 0.00000225. The molecule has 2 fully saturated rings. The molecule has 4 atom stereocenters. The Hall–Kier alpha value is -1.25. The van der Waals surface area contributed by atoms with Gasteiger partial charge in [0.2, 0.25) is 5.60 Å². The number of ether oxygens (including phenoxy) is 2. The van der Waals surface area contributed by atoms with Gasteiger partial charge in [-0.25, -0.2) is 4.79 Å². The SMILES string of the molecule is C.CC1OC1C1CC(OC(=O)C(O)(c2cccs2)c2cccs2)CC[N+]1(C)C. The number of carbonyl (C=O) groups excluding carboxylic acids is 1. The number of quaternary nitrogens is 1. The van der Waals surface area contributed by atoms with Crippen LogP contribution in [0.5, 0.6) is 0 Å². The van der Waals surface area contributed by atoms with E-state index < -0.39 is 11.6 Å². The van der Waals surface area contributed by atoms with Gasteiger partial charge < -0.3 is 19.1 Å². The average molecular weight is 425 g/mol. The molecule has 0 radical (unpaired) electrons. The fraction of sp³-hybridized carbons (Fsp3) is 0.571. The maximum absolute atomic E-state index is 13.2. The Morgan fingerprint density at radius 2 is 1.82 bits per heavy atom. The molecule has 7 heteroatoms. The molecule has 0 bridgehead atoms. The van der Waals surface area contributed by atoms with Gasteiger partial charge in [0, 0.05) is 12.8 Å². The Morgan fingerprint density at radius 1 is 1.25 bits per heavy atom. The first kappa shape index (κ1) is 21.5. The lowest BCUT2D eigenvalue weighted by Gasteiger charge is -2.44. The van der Waals surface area contributed by atoms with Crippen LogP contribution < -0.4 is 0 Å². The van der Waals surface area contributed by atoms with Gasteiger partial charge in [-0.15, -0.1) is 22.7 Å². The zero-order chi connectivity index (χ0) is 19.2. The monoisotopic (exact) mass is 424 g/mol. The van der Waals surface area contributed by atoms with Crippen molar-refractivity contribution in [2.24, 2.45) is 0 Å². The van der Waals surface area contributed by atoms with Gasteiger partial charge in [0.25, 0.3) is 0 Å². The van der Waals surface area contributed by atoms with E-state index in [1.807, 2.05) is 22.9 Å². The number of piperidine rings is 1. The summed E-state index contributed by atoms with van der Waals surface area (Å²) < 4.78 is 12.5. The third-order valence-corrected chi connectivity index (χ3v) is 7.85. The molecule has 0 spiro atoms. The minimum absolute atomic E-state index is 0. The number of likely N-dealkylation sites (tertiary alicyclic amines) is 1. The second kappa shape index (κ2) is 7.88. The summed E-state index contributed by atoms with van der Waals surface area (Å²) in [5.74, 6) is -0.576. The first-order valence-electron chi connectivity index (χ1n) is 9.32. The Morgan fingerprint density at radius 3 is 2.29 bits per heavy atom. The third-order valence-electron chi connectivity index (χ3n) is 5.89. The van der Waals surface area contributed by atoms with Crippen LogP contribution in [0.4, 0.5) is 0 Å². The highest BCUT2D eigenvalue weighted by Crippen LogP contribution is 2.40. The van der Waals surface area contributed by atoms with Crippen molar-refractivity contribution in [2.45, 2.75) is 57.1 Å². The quantitative estimate of drug-likeness (QED) is 0.452. The summed E-state index contributed by atoms with van der Waals surface area (Å²) in [6.07, 6.45) is 1.86.